The molecular weight excluding hydrogens is 248 g/mol. The normalized spacial score (nSPS) is 34.0. The zero-order chi connectivity index (χ0) is 14.7. The molecule has 1 heterocycles. The van der Waals surface area contributed by atoms with Gasteiger partial charge >= 0.3 is 0 Å². The van der Waals surface area contributed by atoms with Crippen molar-refractivity contribution in [3.05, 3.63) is 0 Å². The molecule has 0 radical (unpaired) electrons. The van der Waals surface area contributed by atoms with Crippen LogP contribution in [0.3, 0.4) is 0 Å². The highest BCUT2D eigenvalue weighted by molar-refractivity contribution is 4.89. The van der Waals surface area contributed by atoms with Crippen molar-refractivity contribution in [2.45, 2.75) is 59.1 Å². The SMILES string of the molecule is CC(C)CN1CCN(C2CC(C(C)C)CCC2O)CC1. The van der Waals surface area contributed by atoms with Gasteiger partial charge in [-0.25, -0.2) is 0 Å². The molecule has 0 aromatic carbocycles. The van der Waals surface area contributed by atoms with Crippen LogP contribution >= 0.6 is 0 Å². The van der Waals surface area contributed by atoms with Crippen molar-refractivity contribution in [1.82, 2.24) is 9.80 Å². The Kier molecular flexibility index (Phi) is 5.88. The third-order valence-corrected chi connectivity index (χ3v) is 5.26. The molecule has 0 amide bonds. The summed E-state index contributed by atoms with van der Waals surface area (Å²) in [5.41, 5.74) is 0. The zero-order valence-electron chi connectivity index (χ0n) is 13.9. The third kappa shape index (κ3) is 4.19. The molecule has 1 saturated carbocycles. The summed E-state index contributed by atoms with van der Waals surface area (Å²) in [7, 11) is 0. The van der Waals surface area contributed by atoms with Crippen molar-refractivity contribution < 1.29 is 5.11 Å². The highest BCUT2D eigenvalue weighted by atomic mass is 16.3. The molecule has 1 aliphatic heterocycles. The van der Waals surface area contributed by atoms with Gasteiger partial charge in [0.15, 0.2) is 0 Å². The molecule has 1 aliphatic carbocycles. The smallest absolute Gasteiger partial charge is 0.0695 e. The quantitative estimate of drug-likeness (QED) is 0.858. The maximum absolute atomic E-state index is 10.4. The minimum atomic E-state index is -0.0957. The first-order chi connectivity index (χ1) is 9.47. The van der Waals surface area contributed by atoms with E-state index >= 15 is 0 Å². The Bertz CT molecular complexity index is 285. The predicted octanol–water partition coefficient (Wildman–Crippen LogP) is 2.45. The van der Waals surface area contributed by atoms with Crippen molar-refractivity contribution in [3.8, 4) is 0 Å². The molecule has 0 aromatic heterocycles. The molecule has 3 heteroatoms. The standard InChI is InChI=1S/C17H34N2O/c1-13(2)12-18-7-9-19(10-8-18)16-11-15(14(3)4)5-6-17(16)20/h13-17,20H,5-12H2,1-4H3. The van der Waals surface area contributed by atoms with E-state index in [-0.39, 0.29) is 6.10 Å². The zero-order valence-corrected chi connectivity index (χ0v) is 13.9. The molecule has 2 aliphatic rings. The molecule has 3 nitrogen and oxygen atoms in total. The van der Waals surface area contributed by atoms with Gasteiger partial charge in [0.2, 0.25) is 0 Å². The molecule has 1 N–H and O–H groups in total. The predicted molar refractivity (Wildman–Crippen MR) is 84.8 cm³/mol. The van der Waals surface area contributed by atoms with Crippen molar-refractivity contribution in [1.29, 1.82) is 0 Å². The molecule has 0 bridgehead atoms. The second-order valence-corrected chi connectivity index (χ2v) is 7.68. The minimum Gasteiger partial charge on any atom is -0.391 e. The van der Waals surface area contributed by atoms with Gasteiger partial charge in [0, 0.05) is 38.8 Å². The largest absolute Gasteiger partial charge is 0.391 e. The number of nitrogens with zero attached hydrogens (tertiary/aromatic N) is 2. The van der Waals surface area contributed by atoms with Crippen LogP contribution in [0.4, 0.5) is 0 Å². The fourth-order valence-corrected chi connectivity index (χ4v) is 3.95. The van der Waals surface area contributed by atoms with Crippen LogP contribution in [0.1, 0.15) is 47.0 Å². The monoisotopic (exact) mass is 282 g/mol. The van der Waals surface area contributed by atoms with Gasteiger partial charge in [-0.1, -0.05) is 27.7 Å². The highest BCUT2D eigenvalue weighted by Crippen LogP contribution is 2.33. The van der Waals surface area contributed by atoms with E-state index in [2.05, 4.69) is 37.5 Å². The number of hydrogen-bond donors (Lipinski definition) is 1. The molecule has 1 saturated heterocycles. The highest BCUT2D eigenvalue weighted by Gasteiger charge is 2.35. The summed E-state index contributed by atoms with van der Waals surface area (Å²) in [6.45, 7) is 15.1. The molecule has 0 spiro atoms. The first-order valence-electron chi connectivity index (χ1n) is 8.61. The van der Waals surface area contributed by atoms with Crippen LogP contribution in [0, 0.1) is 17.8 Å². The van der Waals surface area contributed by atoms with E-state index in [1.165, 1.54) is 32.5 Å². The average Bonchev–Trinajstić information content (AvgIpc) is 2.39. The average molecular weight is 282 g/mol. The van der Waals surface area contributed by atoms with E-state index in [0.29, 0.717) is 6.04 Å². The Morgan fingerprint density at radius 3 is 2.20 bits per heavy atom. The topological polar surface area (TPSA) is 26.7 Å². The molecule has 118 valence electrons. The number of rotatable bonds is 4. The van der Waals surface area contributed by atoms with Crippen molar-refractivity contribution in [2.75, 3.05) is 32.7 Å². The lowest BCUT2D eigenvalue weighted by molar-refractivity contribution is -0.0241. The van der Waals surface area contributed by atoms with Gasteiger partial charge in [-0.3, -0.25) is 4.90 Å². The van der Waals surface area contributed by atoms with Gasteiger partial charge in [-0.2, -0.15) is 0 Å². The van der Waals surface area contributed by atoms with E-state index in [0.717, 1.165) is 37.3 Å². The Morgan fingerprint density at radius 1 is 1.00 bits per heavy atom. The Balaban J connectivity index is 1.85. The van der Waals surface area contributed by atoms with Gasteiger partial charge in [0.05, 0.1) is 6.10 Å². The van der Waals surface area contributed by atoms with Crippen molar-refractivity contribution in [2.24, 2.45) is 17.8 Å². The summed E-state index contributed by atoms with van der Waals surface area (Å²) in [4.78, 5) is 5.15. The second-order valence-electron chi connectivity index (χ2n) is 7.68. The van der Waals surface area contributed by atoms with Gasteiger partial charge in [-0.15, -0.1) is 0 Å². The van der Waals surface area contributed by atoms with Crippen LogP contribution in [0.25, 0.3) is 0 Å². The van der Waals surface area contributed by atoms with Crippen molar-refractivity contribution in [3.63, 3.8) is 0 Å². The summed E-state index contributed by atoms with van der Waals surface area (Å²) in [6.07, 6.45) is 3.31. The molecular formula is C17H34N2O. The summed E-state index contributed by atoms with van der Waals surface area (Å²) < 4.78 is 0. The molecule has 3 atom stereocenters. The van der Waals surface area contributed by atoms with Crippen LogP contribution in [0.15, 0.2) is 0 Å². The Hall–Kier alpha value is -0.120. The Labute approximate surface area is 125 Å². The number of hydrogen-bond acceptors (Lipinski definition) is 3. The fraction of sp³-hybridized carbons (Fsp3) is 1.00. The minimum absolute atomic E-state index is 0.0957. The second kappa shape index (κ2) is 7.24. The number of aliphatic hydroxyl groups is 1. The fourth-order valence-electron chi connectivity index (χ4n) is 3.95. The lowest BCUT2D eigenvalue weighted by Crippen LogP contribution is -2.55. The summed E-state index contributed by atoms with van der Waals surface area (Å²) in [6, 6.07) is 0.414. The van der Waals surface area contributed by atoms with Gasteiger partial charge in [0.25, 0.3) is 0 Å². The summed E-state index contributed by atoms with van der Waals surface area (Å²) in [5, 5.41) is 10.4. The van der Waals surface area contributed by atoms with Crippen LogP contribution in [0.2, 0.25) is 0 Å². The van der Waals surface area contributed by atoms with E-state index in [4.69, 9.17) is 0 Å². The number of piperazine rings is 1. The third-order valence-electron chi connectivity index (χ3n) is 5.26. The lowest BCUT2D eigenvalue weighted by atomic mass is 9.77. The number of aliphatic hydroxyl groups excluding tert-OH is 1. The molecule has 3 unspecified atom stereocenters. The maximum Gasteiger partial charge on any atom is 0.0695 e. The van der Waals surface area contributed by atoms with Crippen LogP contribution in [-0.4, -0.2) is 59.8 Å². The van der Waals surface area contributed by atoms with E-state index in [9.17, 15) is 5.11 Å². The molecule has 2 rings (SSSR count). The first-order valence-corrected chi connectivity index (χ1v) is 8.61. The summed E-state index contributed by atoms with van der Waals surface area (Å²) >= 11 is 0. The van der Waals surface area contributed by atoms with E-state index in [1.807, 2.05) is 0 Å². The van der Waals surface area contributed by atoms with Crippen molar-refractivity contribution >= 4 is 0 Å². The molecule has 2 fully saturated rings. The maximum atomic E-state index is 10.4. The van der Waals surface area contributed by atoms with Gasteiger partial charge in [-0.05, 0) is 37.0 Å². The Morgan fingerprint density at radius 2 is 1.65 bits per heavy atom. The van der Waals surface area contributed by atoms with Gasteiger partial charge < -0.3 is 10.0 Å². The van der Waals surface area contributed by atoms with E-state index < -0.39 is 0 Å². The van der Waals surface area contributed by atoms with Crippen LogP contribution < -0.4 is 0 Å². The molecule has 20 heavy (non-hydrogen) atoms. The summed E-state index contributed by atoms with van der Waals surface area (Å²) in [5.74, 6) is 2.32. The molecule has 0 aromatic rings. The van der Waals surface area contributed by atoms with Crippen LogP contribution in [0.5, 0.6) is 0 Å². The van der Waals surface area contributed by atoms with E-state index in [1.54, 1.807) is 0 Å². The lowest BCUT2D eigenvalue weighted by Gasteiger charge is -2.45. The van der Waals surface area contributed by atoms with Gasteiger partial charge in [0.1, 0.15) is 0 Å². The van der Waals surface area contributed by atoms with Crippen LogP contribution in [-0.2, 0) is 0 Å². The first kappa shape index (κ1) is 16.3.